The van der Waals surface area contributed by atoms with Crippen molar-refractivity contribution in [3.8, 4) is 0 Å². The van der Waals surface area contributed by atoms with E-state index in [9.17, 15) is 16.8 Å². The summed E-state index contributed by atoms with van der Waals surface area (Å²) in [5, 5.41) is 0. The third-order valence-electron chi connectivity index (χ3n) is 0.271. The van der Waals surface area contributed by atoms with Crippen LogP contribution in [0.25, 0.3) is 4.13 Å². The normalized spacial score (nSPS) is 9.93. The molecule has 0 atom stereocenters. The van der Waals surface area contributed by atoms with Gasteiger partial charge in [-0.05, 0) is 0 Å². The average molecular weight is 372 g/mol. The molecule has 0 fully saturated rings. The van der Waals surface area contributed by atoms with Gasteiger partial charge in [-0.1, -0.05) is 0 Å². The van der Waals surface area contributed by atoms with Crippen LogP contribution < -0.4 is 0 Å². The zero-order valence-electron chi connectivity index (χ0n) is 9.40. The predicted octanol–water partition coefficient (Wildman–Crippen LogP) is -1.000. The summed E-state index contributed by atoms with van der Waals surface area (Å²) in [7, 11) is -7.49. The maximum atomic E-state index is 10.1. The molecule has 96 valence electrons. The molecular formula is C5H19NO6S2Sn. The third-order valence-corrected chi connectivity index (χ3v) is 2.44. The minimum absolute atomic E-state index is 0. The zero-order chi connectivity index (χ0) is 11.3. The second kappa shape index (κ2) is 9.78. The molecule has 15 heavy (non-hydrogen) atoms. The fourth-order valence-electron chi connectivity index (χ4n) is 0.246. The zero-order valence-corrected chi connectivity index (χ0v) is 13.9. The molecule has 0 unspecified atom stereocenters. The minimum atomic E-state index is -3.74. The van der Waals surface area contributed by atoms with Gasteiger partial charge < -0.3 is 15.1 Å². The van der Waals surface area contributed by atoms with E-state index < -0.39 is 39.8 Å². The van der Waals surface area contributed by atoms with Crippen molar-refractivity contribution >= 4 is 39.8 Å². The van der Waals surface area contributed by atoms with Crippen molar-refractivity contribution in [3.63, 3.8) is 0 Å². The summed E-state index contributed by atoms with van der Waals surface area (Å²) < 4.78 is 42.9. The molecule has 10 heteroatoms. The molecule has 0 aromatic carbocycles. The molecular weight excluding hydrogens is 353 g/mol. The van der Waals surface area contributed by atoms with Gasteiger partial charge in [0.25, 0.3) is 0 Å². The quantitative estimate of drug-likeness (QED) is 0.572. The SMILES string of the molecule is CS(=O)(=O)[N-]S(C)(=O)=O.O.O.[CH3][Sn+]([CH3])[CH3]. The van der Waals surface area contributed by atoms with Crippen molar-refractivity contribution < 1.29 is 27.8 Å². The third kappa shape index (κ3) is 53.3. The Bertz CT molecular complexity index is 289. The van der Waals surface area contributed by atoms with Gasteiger partial charge in [0.15, 0.2) is 0 Å². The summed E-state index contributed by atoms with van der Waals surface area (Å²) in [6.07, 6.45) is 1.43. The summed E-state index contributed by atoms with van der Waals surface area (Å²) >= 11 is -0.543. The number of nitrogens with zero attached hydrogens (tertiary/aromatic N) is 1. The fourth-order valence-corrected chi connectivity index (χ4v) is 2.21. The van der Waals surface area contributed by atoms with E-state index in [1.54, 1.807) is 0 Å². The number of rotatable bonds is 2. The van der Waals surface area contributed by atoms with Gasteiger partial charge in [0.1, 0.15) is 0 Å². The molecule has 0 bridgehead atoms. The first kappa shape index (κ1) is 24.7. The summed E-state index contributed by atoms with van der Waals surface area (Å²) in [5.41, 5.74) is 0. The van der Waals surface area contributed by atoms with E-state index in [1.165, 1.54) is 0 Å². The summed E-state index contributed by atoms with van der Waals surface area (Å²) in [6, 6.07) is 0. The van der Waals surface area contributed by atoms with Gasteiger partial charge in [-0.15, -0.1) is 0 Å². The van der Waals surface area contributed by atoms with E-state index in [-0.39, 0.29) is 11.0 Å². The van der Waals surface area contributed by atoms with Crippen molar-refractivity contribution in [1.29, 1.82) is 0 Å². The Labute approximate surface area is 98.7 Å². The first-order valence-electron chi connectivity index (χ1n) is 3.35. The van der Waals surface area contributed by atoms with Crippen LogP contribution in [0.2, 0.25) is 14.8 Å². The predicted molar refractivity (Wildman–Crippen MR) is 63.6 cm³/mol. The number of hydrogen-bond acceptors (Lipinski definition) is 4. The van der Waals surface area contributed by atoms with Crippen LogP contribution in [-0.2, 0) is 20.0 Å². The van der Waals surface area contributed by atoms with Gasteiger partial charge in [-0.25, -0.2) is 16.8 Å². The van der Waals surface area contributed by atoms with Gasteiger partial charge in [-0.3, -0.25) is 0 Å². The van der Waals surface area contributed by atoms with E-state index in [0.29, 0.717) is 12.5 Å². The van der Waals surface area contributed by atoms with Crippen LogP contribution in [0.4, 0.5) is 0 Å². The first-order valence-corrected chi connectivity index (χ1v) is 15.6. The average Bonchev–Trinajstić information content (AvgIpc) is 1.47. The van der Waals surface area contributed by atoms with E-state index in [0.717, 1.165) is 0 Å². The van der Waals surface area contributed by atoms with E-state index in [1.807, 2.05) is 0 Å². The van der Waals surface area contributed by atoms with Crippen molar-refractivity contribution in [2.24, 2.45) is 0 Å². The molecule has 0 radical (unpaired) electrons. The Kier molecular flexibility index (Phi) is 16.1. The molecule has 0 saturated carbocycles. The molecule has 0 aromatic heterocycles. The molecule has 0 rings (SSSR count). The van der Waals surface area contributed by atoms with Crippen LogP contribution >= 0.6 is 0 Å². The molecule has 0 spiro atoms. The summed E-state index contributed by atoms with van der Waals surface area (Å²) in [4.78, 5) is 7.09. The Morgan fingerprint density at radius 3 is 0.933 bits per heavy atom. The Morgan fingerprint density at radius 1 is 0.800 bits per heavy atom. The van der Waals surface area contributed by atoms with Gasteiger partial charge in [0.2, 0.25) is 0 Å². The molecule has 0 heterocycles. The van der Waals surface area contributed by atoms with Crippen LogP contribution in [-0.4, -0.2) is 60.1 Å². The van der Waals surface area contributed by atoms with Crippen LogP contribution in [0, 0.1) is 0 Å². The molecule has 0 aliphatic heterocycles. The van der Waals surface area contributed by atoms with E-state index in [2.05, 4.69) is 18.9 Å². The fraction of sp³-hybridized carbons (Fsp3) is 1.00. The summed E-state index contributed by atoms with van der Waals surface area (Å²) in [5.74, 6) is 0. The number of sulfonamides is 2. The molecule has 0 aliphatic carbocycles. The van der Waals surface area contributed by atoms with Gasteiger partial charge >= 0.3 is 34.6 Å². The maximum absolute atomic E-state index is 10.1. The van der Waals surface area contributed by atoms with E-state index >= 15 is 0 Å². The number of hydrogen-bond donors (Lipinski definition) is 0. The van der Waals surface area contributed by atoms with Crippen molar-refractivity contribution in [3.05, 3.63) is 4.13 Å². The standard InChI is InChI=1S/C2H6NO4S2.3CH3.2H2O.Sn/c1-8(4,5)3-9(2,6)7;;;;;;/h1-2H3;3*1H3;2*1H2;/q-1;;;;;;+1. The van der Waals surface area contributed by atoms with Gasteiger partial charge in [0.05, 0.1) is 20.0 Å². The molecule has 0 aromatic rings. The van der Waals surface area contributed by atoms with Gasteiger partial charge in [-0.2, -0.15) is 0 Å². The molecule has 7 nitrogen and oxygen atoms in total. The monoisotopic (exact) mass is 373 g/mol. The van der Waals surface area contributed by atoms with Crippen LogP contribution in [0.15, 0.2) is 0 Å². The Hall–Kier alpha value is 0.579. The molecule has 0 aliphatic rings. The van der Waals surface area contributed by atoms with Gasteiger partial charge in [0, 0.05) is 12.5 Å². The van der Waals surface area contributed by atoms with E-state index in [4.69, 9.17) is 0 Å². The second-order valence-corrected chi connectivity index (χ2v) is 15.1. The Morgan fingerprint density at radius 2 is 0.933 bits per heavy atom. The van der Waals surface area contributed by atoms with Crippen LogP contribution in [0.5, 0.6) is 0 Å². The Balaban J connectivity index is -0.0000000883. The van der Waals surface area contributed by atoms with Crippen LogP contribution in [0.3, 0.4) is 0 Å². The summed E-state index contributed by atoms with van der Waals surface area (Å²) in [6.45, 7) is 0. The molecule has 0 amide bonds. The molecule has 4 N–H and O–H groups in total. The molecule has 0 saturated heterocycles. The first-order chi connectivity index (χ1) is 5.44. The van der Waals surface area contributed by atoms with Crippen LogP contribution in [0.1, 0.15) is 0 Å². The second-order valence-electron chi connectivity index (χ2n) is 3.04. The van der Waals surface area contributed by atoms with Crippen molar-refractivity contribution in [2.45, 2.75) is 14.8 Å². The van der Waals surface area contributed by atoms with Crippen molar-refractivity contribution in [2.75, 3.05) is 12.5 Å². The van der Waals surface area contributed by atoms with Crippen molar-refractivity contribution in [1.82, 2.24) is 0 Å². The topological polar surface area (TPSA) is 145 Å².